The highest BCUT2D eigenvalue weighted by atomic mass is 16.5. The van der Waals surface area contributed by atoms with Gasteiger partial charge in [-0.05, 0) is 25.7 Å². The van der Waals surface area contributed by atoms with E-state index in [1.54, 1.807) is 6.92 Å². The maximum atomic E-state index is 11.7. The molecule has 0 aliphatic heterocycles. The van der Waals surface area contributed by atoms with Crippen LogP contribution in [0.1, 0.15) is 31.0 Å². The highest BCUT2D eigenvalue weighted by molar-refractivity contribution is 5.75. The molecule has 0 spiro atoms. The number of aliphatic carboxylic acids is 1. The molecule has 110 valence electrons. The minimum absolute atomic E-state index is 0.0407. The summed E-state index contributed by atoms with van der Waals surface area (Å²) in [6.45, 7) is 2.08. The summed E-state index contributed by atoms with van der Waals surface area (Å²) in [6.07, 6.45) is 2.35. The molecule has 2 amide bonds. The van der Waals surface area contributed by atoms with Crippen LogP contribution in [0.4, 0.5) is 4.79 Å². The molecule has 1 aliphatic rings. The van der Waals surface area contributed by atoms with E-state index in [2.05, 4.69) is 20.8 Å². The molecule has 1 aromatic heterocycles. The van der Waals surface area contributed by atoms with Crippen LogP contribution in [0.5, 0.6) is 0 Å². The van der Waals surface area contributed by atoms with Crippen LogP contribution >= 0.6 is 0 Å². The molecule has 1 aliphatic carbocycles. The number of urea groups is 1. The number of nitrogens with zero attached hydrogens (tertiary/aromatic N) is 2. The van der Waals surface area contributed by atoms with Gasteiger partial charge in [-0.25, -0.2) is 4.79 Å². The predicted molar refractivity (Wildman–Crippen MR) is 68.0 cm³/mol. The lowest BCUT2D eigenvalue weighted by Crippen LogP contribution is -2.44. The minimum atomic E-state index is -0.900. The molecular formula is C12H18N4O4. The number of amides is 2. The van der Waals surface area contributed by atoms with Crippen molar-refractivity contribution in [3.8, 4) is 0 Å². The molecule has 8 heteroatoms. The molecule has 1 saturated carbocycles. The second-order valence-electron chi connectivity index (χ2n) is 4.93. The smallest absolute Gasteiger partial charge is 0.315 e. The van der Waals surface area contributed by atoms with Gasteiger partial charge < -0.3 is 20.3 Å². The Balaban J connectivity index is 1.69. The van der Waals surface area contributed by atoms with E-state index in [9.17, 15) is 9.59 Å². The van der Waals surface area contributed by atoms with E-state index in [0.717, 1.165) is 12.8 Å². The van der Waals surface area contributed by atoms with Gasteiger partial charge in [-0.2, -0.15) is 4.98 Å². The Labute approximate surface area is 115 Å². The largest absolute Gasteiger partial charge is 0.481 e. The van der Waals surface area contributed by atoms with Crippen LogP contribution in [0.2, 0.25) is 0 Å². The first-order valence-electron chi connectivity index (χ1n) is 6.60. The molecular weight excluding hydrogens is 264 g/mol. The van der Waals surface area contributed by atoms with E-state index in [1.165, 1.54) is 0 Å². The Morgan fingerprint density at radius 3 is 2.80 bits per heavy atom. The normalized spacial score (nSPS) is 15.7. The maximum Gasteiger partial charge on any atom is 0.315 e. The van der Waals surface area contributed by atoms with Gasteiger partial charge in [0.1, 0.15) is 0 Å². The van der Waals surface area contributed by atoms with Gasteiger partial charge in [-0.1, -0.05) is 5.16 Å². The fraction of sp³-hybridized carbons (Fsp3) is 0.667. The standard InChI is InChI=1S/C12H18N4O4/c1-7-14-10(20-16-7)4-5-13-12(19)15-9(6-11(17)18)8-2-3-8/h8-9H,2-6H2,1H3,(H,17,18)(H2,13,15,19). The lowest BCUT2D eigenvalue weighted by molar-refractivity contribution is -0.137. The van der Waals surface area contributed by atoms with Crippen molar-refractivity contribution in [1.29, 1.82) is 0 Å². The zero-order valence-corrected chi connectivity index (χ0v) is 11.3. The summed E-state index contributed by atoms with van der Waals surface area (Å²) < 4.78 is 4.92. The first kappa shape index (κ1) is 14.3. The molecule has 20 heavy (non-hydrogen) atoms. The van der Waals surface area contributed by atoms with Crippen molar-refractivity contribution in [2.24, 2.45) is 5.92 Å². The number of aryl methyl sites for hydroxylation is 1. The number of carbonyl (C=O) groups excluding carboxylic acids is 1. The van der Waals surface area contributed by atoms with Crippen LogP contribution in [0.15, 0.2) is 4.52 Å². The minimum Gasteiger partial charge on any atom is -0.481 e. The molecule has 1 aromatic rings. The molecule has 0 aromatic carbocycles. The molecule has 0 bridgehead atoms. The maximum absolute atomic E-state index is 11.7. The van der Waals surface area contributed by atoms with E-state index in [1.807, 2.05) is 0 Å². The van der Waals surface area contributed by atoms with Crippen molar-refractivity contribution in [2.75, 3.05) is 6.54 Å². The van der Waals surface area contributed by atoms with Crippen molar-refractivity contribution in [2.45, 2.75) is 38.6 Å². The zero-order valence-electron chi connectivity index (χ0n) is 11.3. The quantitative estimate of drug-likeness (QED) is 0.669. The average molecular weight is 282 g/mol. The van der Waals surface area contributed by atoms with Gasteiger partial charge in [0.05, 0.1) is 6.42 Å². The first-order valence-corrected chi connectivity index (χ1v) is 6.60. The topological polar surface area (TPSA) is 117 Å². The van der Waals surface area contributed by atoms with Crippen LogP contribution in [-0.4, -0.2) is 39.8 Å². The van der Waals surface area contributed by atoms with Gasteiger partial charge in [-0.3, -0.25) is 4.79 Å². The van der Waals surface area contributed by atoms with Gasteiger partial charge in [0.15, 0.2) is 5.82 Å². The lowest BCUT2D eigenvalue weighted by atomic mass is 10.1. The van der Waals surface area contributed by atoms with Gasteiger partial charge in [0.2, 0.25) is 5.89 Å². The van der Waals surface area contributed by atoms with Gasteiger partial charge >= 0.3 is 12.0 Å². The molecule has 2 rings (SSSR count). The third-order valence-corrected chi connectivity index (χ3v) is 3.10. The number of carboxylic acid groups (broad SMARTS) is 1. The molecule has 0 radical (unpaired) electrons. The second-order valence-corrected chi connectivity index (χ2v) is 4.93. The monoisotopic (exact) mass is 282 g/mol. The van der Waals surface area contributed by atoms with Crippen LogP contribution in [-0.2, 0) is 11.2 Å². The average Bonchev–Trinajstić information content (AvgIpc) is 3.12. The van der Waals surface area contributed by atoms with Crippen molar-refractivity contribution in [1.82, 2.24) is 20.8 Å². The summed E-state index contributed by atoms with van der Waals surface area (Å²) in [5.74, 6) is 0.408. The number of aromatic nitrogens is 2. The third-order valence-electron chi connectivity index (χ3n) is 3.10. The highest BCUT2D eigenvalue weighted by Crippen LogP contribution is 2.33. The Hall–Kier alpha value is -2.12. The molecule has 1 unspecified atom stereocenters. The summed E-state index contributed by atoms with van der Waals surface area (Å²) in [6, 6.07) is -0.655. The fourth-order valence-electron chi connectivity index (χ4n) is 1.97. The first-order chi connectivity index (χ1) is 9.54. The Bertz CT molecular complexity index is 484. The molecule has 1 fully saturated rings. The van der Waals surface area contributed by atoms with Gasteiger partial charge in [0.25, 0.3) is 0 Å². The van der Waals surface area contributed by atoms with E-state index < -0.39 is 5.97 Å². The van der Waals surface area contributed by atoms with Gasteiger partial charge in [0, 0.05) is 19.0 Å². The number of rotatable bonds is 7. The molecule has 3 N–H and O–H groups in total. The van der Waals surface area contributed by atoms with Gasteiger partial charge in [-0.15, -0.1) is 0 Å². The number of carboxylic acids is 1. The van der Waals surface area contributed by atoms with Crippen LogP contribution in [0.25, 0.3) is 0 Å². The lowest BCUT2D eigenvalue weighted by Gasteiger charge is -2.16. The molecule has 0 saturated heterocycles. The fourth-order valence-corrected chi connectivity index (χ4v) is 1.97. The Morgan fingerprint density at radius 1 is 1.50 bits per heavy atom. The zero-order chi connectivity index (χ0) is 14.5. The highest BCUT2D eigenvalue weighted by Gasteiger charge is 2.33. The molecule has 1 heterocycles. The summed E-state index contributed by atoms with van der Waals surface area (Å²) in [7, 11) is 0. The molecule has 8 nitrogen and oxygen atoms in total. The number of hydrogen-bond donors (Lipinski definition) is 3. The predicted octanol–water partition coefficient (Wildman–Crippen LogP) is 0.473. The van der Waals surface area contributed by atoms with E-state index in [0.29, 0.717) is 24.7 Å². The summed E-state index contributed by atoms with van der Waals surface area (Å²) >= 11 is 0. The number of hydrogen-bond acceptors (Lipinski definition) is 5. The third kappa shape index (κ3) is 4.52. The van der Waals surface area contributed by atoms with Crippen LogP contribution in [0, 0.1) is 12.8 Å². The van der Waals surface area contributed by atoms with Crippen molar-refractivity contribution >= 4 is 12.0 Å². The van der Waals surface area contributed by atoms with Crippen molar-refractivity contribution in [3.63, 3.8) is 0 Å². The van der Waals surface area contributed by atoms with E-state index >= 15 is 0 Å². The Kier molecular flexibility index (Phi) is 4.54. The van der Waals surface area contributed by atoms with Crippen molar-refractivity contribution in [3.05, 3.63) is 11.7 Å². The number of nitrogens with one attached hydrogen (secondary N) is 2. The van der Waals surface area contributed by atoms with Crippen LogP contribution < -0.4 is 10.6 Å². The molecule has 1 atom stereocenters. The van der Waals surface area contributed by atoms with E-state index in [4.69, 9.17) is 9.63 Å². The SMILES string of the molecule is Cc1noc(CCNC(=O)NC(CC(=O)O)C2CC2)n1. The summed E-state index contributed by atoms with van der Waals surface area (Å²) in [5.41, 5.74) is 0. The van der Waals surface area contributed by atoms with Crippen molar-refractivity contribution < 1.29 is 19.2 Å². The Morgan fingerprint density at radius 2 is 2.25 bits per heavy atom. The van der Waals surface area contributed by atoms with Crippen LogP contribution in [0.3, 0.4) is 0 Å². The number of carbonyl (C=O) groups is 2. The summed E-state index contributed by atoms with van der Waals surface area (Å²) in [4.78, 5) is 26.4. The van der Waals surface area contributed by atoms with E-state index in [-0.39, 0.29) is 24.4 Å². The second kappa shape index (κ2) is 6.36. The summed E-state index contributed by atoms with van der Waals surface area (Å²) in [5, 5.41) is 17.8.